The lowest BCUT2D eigenvalue weighted by molar-refractivity contribution is 0.668. The van der Waals surface area contributed by atoms with Crippen molar-refractivity contribution in [1.29, 1.82) is 0 Å². The molecule has 0 saturated carbocycles. The minimum atomic E-state index is 0.820. The number of thiazole rings is 2. The Morgan fingerprint density at radius 3 is 2.90 bits per heavy atom. The van der Waals surface area contributed by atoms with Crippen LogP contribution < -0.4 is 5.32 Å². The van der Waals surface area contributed by atoms with Crippen LogP contribution in [0.5, 0.6) is 0 Å². The van der Waals surface area contributed by atoms with Gasteiger partial charge < -0.3 is 5.32 Å². The average molecular weight is 306 g/mol. The van der Waals surface area contributed by atoms with Crippen LogP contribution in [0.3, 0.4) is 0 Å². The number of aromatic nitrogens is 3. The van der Waals surface area contributed by atoms with Gasteiger partial charge in [0.05, 0.1) is 11.4 Å². The predicted molar refractivity (Wildman–Crippen MR) is 84.6 cm³/mol. The zero-order chi connectivity index (χ0) is 14.1. The molecule has 3 aromatic heterocycles. The van der Waals surface area contributed by atoms with Gasteiger partial charge in [0.1, 0.15) is 5.01 Å². The summed E-state index contributed by atoms with van der Waals surface area (Å²) in [4.78, 5) is 11.5. The van der Waals surface area contributed by atoms with Gasteiger partial charge in [0.2, 0.25) is 0 Å². The number of nitrogens with zero attached hydrogens (tertiary/aromatic N) is 3. The van der Waals surface area contributed by atoms with Crippen molar-refractivity contribution >= 4 is 27.6 Å². The SMILES string of the molecule is CCc1cnc(CNCc2c(C)nc3scc(C)n23)s1. The third kappa shape index (κ3) is 2.51. The highest BCUT2D eigenvalue weighted by atomic mass is 32.1. The minimum Gasteiger partial charge on any atom is -0.305 e. The van der Waals surface area contributed by atoms with Crippen LogP contribution in [0.25, 0.3) is 4.96 Å². The maximum Gasteiger partial charge on any atom is 0.194 e. The smallest absolute Gasteiger partial charge is 0.194 e. The lowest BCUT2D eigenvalue weighted by atomic mass is 10.3. The van der Waals surface area contributed by atoms with Gasteiger partial charge >= 0.3 is 0 Å². The Labute approximate surface area is 126 Å². The first-order valence-electron chi connectivity index (χ1n) is 6.75. The van der Waals surface area contributed by atoms with Crippen LogP contribution in [0.4, 0.5) is 0 Å². The van der Waals surface area contributed by atoms with Crippen LogP contribution in [-0.4, -0.2) is 14.4 Å². The van der Waals surface area contributed by atoms with E-state index in [1.165, 1.54) is 16.3 Å². The Kier molecular flexibility index (Phi) is 3.87. The fraction of sp³-hybridized carbons (Fsp3) is 0.429. The standard InChI is InChI=1S/C14H18N4S2/c1-4-11-5-16-13(20-11)7-15-6-12-10(3)17-14-18(12)9(2)8-19-14/h5,8,15H,4,6-7H2,1-3H3. The summed E-state index contributed by atoms with van der Waals surface area (Å²) in [6.07, 6.45) is 3.04. The van der Waals surface area contributed by atoms with E-state index in [9.17, 15) is 0 Å². The molecule has 0 saturated heterocycles. The topological polar surface area (TPSA) is 42.2 Å². The number of imidazole rings is 1. The number of rotatable bonds is 5. The van der Waals surface area contributed by atoms with E-state index in [4.69, 9.17) is 0 Å². The van der Waals surface area contributed by atoms with Crippen LogP contribution >= 0.6 is 22.7 Å². The Hall–Kier alpha value is -1.24. The molecule has 0 aliphatic rings. The highest BCUT2D eigenvalue weighted by Gasteiger charge is 2.11. The third-order valence-electron chi connectivity index (χ3n) is 3.35. The van der Waals surface area contributed by atoms with Gasteiger partial charge in [-0.3, -0.25) is 4.40 Å². The molecule has 0 fully saturated rings. The van der Waals surface area contributed by atoms with E-state index >= 15 is 0 Å². The monoisotopic (exact) mass is 306 g/mol. The van der Waals surface area contributed by atoms with Gasteiger partial charge in [-0.05, 0) is 20.3 Å². The molecule has 0 amide bonds. The number of hydrogen-bond donors (Lipinski definition) is 1. The average Bonchev–Trinajstić information content (AvgIpc) is 3.10. The van der Waals surface area contributed by atoms with Crippen molar-refractivity contribution in [2.24, 2.45) is 0 Å². The van der Waals surface area contributed by atoms with Crippen LogP contribution in [0.2, 0.25) is 0 Å². The number of hydrogen-bond acceptors (Lipinski definition) is 5. The lowest BCUT2D eigenvalue weighted by Crippen LogP contribution is -2.14. The van der Waals surface area contributed by atoms with E-state index in [1.807, 2.05) is 6.20 Å². The first-order chi connectivity index (χ1) is 9.69. The summed E-state index contributed by atoms with van der Waals surface area (Å²) in [7, 11) is 0. The molecule has 0 radical (unpaired) electrons. The summed E-state index contributed by atoms with van der Waals surface area (Å²) < 4.78 is 2.24. The van der Waals surface area contributed by atoms with Gasteiger partial charge in [0.25, 0.3) is 0 Å². The second kappa shape index (κ2) is 5.63. The first kappa shape index (κ1) is 13.7. The Morgan fingerprint density at radius 2 is 2.15 bits per heavy atom. The van der Waals surface area contributed by atoms with Gasteiger partial charge in [0, 0.05) is 35.2 Å². The molecular formula is C14H18N4S2. The van der Waals surface area contributed by atoms with Gasteiger partial charge in [-0.2, -0.15) is 0 Å². The van der Waals surface area contributed by atoms with Crippen molar-refractivity contribution in [3.05, 3.63) is 38.5 Å². The fourth-order valence-corrected chi connectivity index (χ4v) is 4.02. The molecule has 106 valence electrons. The molecule has 0 aliphatic carbocycles. The molecule has 1 N–H and O–H groups in total. The maximum atomic E-state index is 4.61. The van der Waals surface area contributed by atoms with Gasteiger partial charge in [-0.1, -0.05) is 6.92 Å². The summed E-state index contributed by atoms with van der Waals surface area (Å²) in [5.74, 6) is 0. The number of fused-ring (bicyclic) bond motifs is 1. The van der Waals surface area contributed by atoms with Crippen molar-refractivity contribution in [3.8, 4) is 0 Å². The molecule has 0 bridgehead atoms. The molecule has 0 aliphatic heterocycles. The second-order valence-corrected chi connectivity index (χ2v) is 6.85. The summed E-state index contributed by atoms with van der Waals surface area (Å²) in [5, 5.41) is 6.79. The molecule has 4 nitrogen and oxygen atoms in total. The van der Waals surface area contributed by atoms with E-state index in [-0.39, 0.29) is 0 Å². The largest absolute Gasteiger partial charge is 0.305 e. The van der Waals surface area contributed by atoms with Crippen molar-refractivity contribution in [2.45, 2.75) is 40.3 Å². The highest BCUT2D eigenvalue weighted by molar-refractivity contribution is 7.15. The second-order valence-electron chi connectivity index (χ2n) is 4.82. The Morgan fingerprint density at radius 1 is 1.30 bits per heavy atom. The normalized spacial score (nSPS) is 11.6. The Balaban J connectivity index is 1.70. The zero-order valence-corrected chi connectivity index (χ0v) is 13.6. The quantitative estimate of drug-likeness (QED) is 0.786. The molecule has 6 heteroatoms. The third-order valence-corrected chi connectivity index (χ3v) is 5.43. The molecular weight excluding hydrogens is 288 g/mol. The van der Waals surface area contributed by atoms with Gasteiger partial charge in [-0.25, -0.2) is 9.97 Å². The van der Waals surface area contributed by atoms with E-state index in [0.717, 1.165) is 35.2 Å². The van der Waals surface area contributed by atoms with Gasteiger partial charge in [0.15, 0.2) is 4.96 Å². The predicted octanol–water partition coefficient (Wildman–Crippen LogP) is 3.32. The summed E-state index contributed by atoms with van der Waals surface area (Å²) in [6.45, 7) is 8.01. The molecule has 3 rings (SSSR count). The Bertz CT molecular complexity index is 723. The van der Waals surface area contributed by atoms with Crippen LogP contribution in [0.15, 0.2) is 11.6 Å². The number of nitrogens with one attached hydrogen (secondary N) is 1. The number of aryl methyl sites for hydroxylation is 3. The van der Waals surface area contributed by atoms with Gasteiger partial charge in [-0.15, -0.1) is 22.7 Å². The molecule has 0 unspecified atom stereocenters. The van der Waals surface area contributed by atoms with E-state index < -0.39 is 0 Å². The summed E-state index contributed by atoms with van der Waals surface area (Å²) in [5.41, 5.74) is 3.62. The van der Waals surface area contributed by atoms with Crippen molar-refractivity contribution < 1.29 is 0 Å². The van der Waals surface area contributed by atoms with E-state index in [0.29, 0.717) is 0 Å². The van der Waals surface area contributed by atoms with E-state index in [1.54, 1.807) is 22.7 Å². The van der Waals surface area contributed by atoms with Crippen LogP contribution in [0, 0.1) is 13.8 Å². The molecule has 0 atom stereocenters. The summed E-state index contributed by atoms with van der Waals surface area (Å²) in [6, 6.07) is 0. The van der Waals surface area contributed by atoms with Crippen molar-refractivity contribution in [1.82, 2.24) is 19.7 Å². The maximum absolute atomic E-state index is 4.61. The van der Waals surface area contributed by atoms with Crippen molar-refractivity contribution in [2.75, 3.05) is 0 Å². The fourth-order valence-electron chi connectivity index (χ4n) is 2.26. The van der Waals surface area contributed by atoms with E-state index in [2.05, 4.69) is 45.8 Å². The first-order valence-corrected chi connectivity index (χ1v) is 8.45. The molecule has 3 heterocycles. The molecule has 3 aromatic rings. The van der Waals surface area contributed by atoms with Crippen LogP contribution in [0.1, 0.15) is 33.9 Å². The molecule has 0 spiro atoms. The summed E-state index contributed by atoms with van der Waals surface area (Å²) >= 11 is 3.49. The molecule has 20 heavy (non-hydrogen) atoms. The zero-order valence-electron chi connectivity index (χ0n) is 11.9. The van der Waals surface area contributed by atoms with Crippen LogP contribution in [-0.2, 0) is 19.5 Å². The van der Waals surface area contributed by atoms with Crippen molar-refractivity contribution in [3.63, 3.8) is 0 Å². The lowest BCUT2D eigenvalue weighted by Gasteiger charge is -2.04. The molecule has 0 aromatic carbocycles. The highest BCUT2D eigenvalue weighted by Crippen LogP contribution is 2.20. The minimum absolute atomic E-state index is 0.820.